The molecule has 110 valence electrons. The number of carbonyl (C=O) groups excluding carboxylic acids is 1. The number of carbonyl (C=O) groups is 1. The minimum absolute atomic E-state index is 0.133. The summed E-state index contributed by atoms with van der Waals surface area (Å²) in [6.45, 7) is 0.687. The number of hydrogen-bond donors (Lipinski definition) is 0. The Kier molecular flexibility index (Phi) is 3.11. The van der Waals surface area contributed by atoms with Crippen LogP contribution in [0.3, 0.4) is 0 Å². The maximum absolute atomic E-state index is 12.7. The number of halogens is 3. The van der Waals surface area contributed by atoms with E-state index in [1.165, 1.54) is 6.20 Å². The smallest absolute Gasteiger partial charge is 0.347 e. The van der Waals surface area contributed by atoms with E-state index in [9.17, 15) is 18.0 Å². The van der Waals surface area contributed by atoms with E-state index in [-0.39, 0.29) is 18.9 Å². The Morgan fingerprint density at radius 3 is 2.62 bits per heavy atom. The van der Waals surface area contributed by atoms with E-state index in [0.29, 0.717) is 24.2 Å². The molecule has 3 rings (SSSR count). The summed E-state index contributed by atoms with van der Waals surface area (Å²) < 4.78 is 39.3. The zero-order chi connectivity index (χ0) is 15.0. The summed E-state index contributed by atoms with van der Waals surface area (Å²) in [5.41, 5.74) is 0.443. The highest BCUT2D eigenvalue weighted by Crippen LogP contribution is 2.30. The van der Waals surface area contributed by atoms with E-state index in [2.05, 4.69) is 15.2 Å². The van der Waals surface area contributed by atoms with Crippen molar-refractivity contribution in [2.45, 2.75) is 19.3 Å². The number of aldehydes is 1. The molecule has 2 aromatic heterocycles. The fourth-order valence-electron chi connectivity index (χ4n) is 2.22. The molecule has 0 aromatic carbocycles. The van der Waals surface area contributed by atoms with Crippen LogP contribution in [0.2, 0.25) is 0 Å². The lowest BCUT2D eigenvalue weighted by atomic mass is 10.3. The molecule has 6 nitrogen and oxygen atoms in total. The van der Waals surface area contributed by atoms with E-state index >= 15 is 0 Å². The molecule has 0 radical (unpaired) electrons. The molecule has 0 atom stereocenters. The van der Waals surface area contributed by atoms with Crippen molar-refractivity contribution in [3.63, 3.8) is 0 Å². The standard InChI is InChI=1S/C12H10F3N5O/c13-12(14,15)11-18-17-10-6-19(3-4-20(10)11)9-2-1-8(7-21)5-16-9/h1-2,5,7H,3-4,6H2. The first-order chi connectivity index (χ1) is 9.99. The fourth-order valence-corrected chi connectivity index (χ4v) is 2.22. The lowest BCUT2D eigenvalue weighted by Gasteiger charge is -2.28. The van der Waals surface area contributed by atoms with E-state index in [1.807, 2.05) is 0 Å². The first kappa shape index (κ1) is 13.5. The van der Waals surface area contributed by atoms with Crippen molar-refractivity contribution in [1.82, 2.24) is 19.7 Å². The van der Waals surface area contributed by atoms with Gasteiger partial charge < -0.3 is 9.47 Å². The second kappa shape index (κ2) is 4.83. The summed E-state index contributed by atoms with van der Waals surface area (Å²) in [5, 5.41) is 6.82. The minimum atomic E-state index is -4.50. The van der Waals surface area contributed by atoms with Gasteiger partial charge in [-0.2, -0.15) is 13.2 Å². The first-order valence-corrected chi connectivity index (χ1v) is 6.14. The van der Waals surface area contributed by atoms with Crippen LogP contribution in [0.4, 0.5) is 19.0 Å². The Hall–Kier alpha value is -2.45. The molecule has 21 heavy (non-hydrogen) atoms. The molecule has 0 bridgehead atoms. The van der Waals surface area contributed by atoms with Gasteiger partial charge in [-0.3, -0.25) is 4.79 Å². The van der Waals surface area contributed by atoms with Crippen LogP contribution in [-0.2, 0) is 19.3 Å². The minimum Gasteiger partial charge on any atom is -0.347 e. The van der Waals surface area contributed by atoms with Crippen LogP contribution in [0, 0.1) is 0 Å². The van der Waals surface area contributed by atoms with Gasteiger partial charge in [0.1, 0.15) is 5.82 Å². The molecule has 0 fully saturated rings. The molecule has 9 heteroatoms. The number of alkyl halides is 3. The Bertz CT molecular complexity index is 665. The van der Waals surface area contributed by atoms with Gasteiger partial charge in [-0.25, -0.2) is 4.98 Å². The molecule has 2 aromatic rings. The normalized spacial score (nSPS) is 14.9. The van der Waals surface area contributed by atoms with Crippen molar-refractivity contribution in [1.29, 1.82) is 0 Å². The van der Waals surface area contributed by atoms with Crippen molar-refractivity contribution in [3.8, 4) is 0 Å². The second-order valence-corrected chi connectivity index (χ2v) is 4.58. The monoisotopic (exact) mass is 297 g/mol. The quantitative estimate of drug-likeness (QED) is 0.786. The Labute approximate surface area is 117 Å². The maximum Gasteiger partial charge on any atom is 0.451 e. The Morgan fingerprint density at radius 1 is 1.19 bits per heavy atom. The summed E-state index contributed by atoms with van der Waals surface area (Å²) in [6, 6.07) is 3.26. The van der Waals surface area contributed by atoms with Gasteiger partial charge >= 0.3 is 6.18 Å². The topological polar surface area (TPSA) is 63.9 Å². The van der Waals surface area contributed by atoms with Crippen LogP contribution < -0.4 is 4.90 Å². The zero-order valence-corrected chi connectivity index (χ0v) is 10.7. The molecule has 3 heterocycles. The molecule has 0 N–H and O–H groups in total. The highest BCUT2D eigenvalue weighted by atomic mass is 19.4. The average molecular weight is 297 g/mol. The summed E-state index contributed by atoms with van der Waals surface area (Å²) in [5.74, 6) is -0.139. The number of aromatic nitrogens is 4. The molecule has 0 aliphatic carbocycles. The van der Waals surface area contributed by atoms with Crippen molar-refractivity contribution >= 4 is 12.1 Å². The van der Waals surface area contributed by atoms with E-state index < -0.39 is 12.0 Å². The number of fused-ring (bicyclic) bond motifs is 1. The van der Waals surface area contributed by atoms with Gasteiger partial charge in [-0.15, -0.1) is 10.2 Å². The predicted octanol–water partition coefficient (Wildman–Crippen LogP) is 1.52. The predicted molar refractivity (Wildman–Crippen MR) is 65.7 cm³/mol. The fraction of sp³-hybridized carbons (Fsp3) is 0.333. The number of hydrogen-bond acceptors (Lipinski definition) is 5. The SMILES string of the molecule is O=Cc1ccc(N2CCn3c(nnc3C(F)(F)F)C2)nc1. The third-order valence-electron chi connectivity index (χ3n) is 3.24. The van der Waals surface area contributed by atoms with E-state index in [4.69, 9.17) is 0 Å². The van der Waals surface area contributed by atoms with E-state index in [1.54, 1.807) is 17.0 Å². The Balaban J connectivity index is 1.84. The van der Waals surface area contributed by atoms with Crippen LogP contribution in [0.25, 0.3) is 0 Å². The highest BCUT2D eigenvalue weighted by molar-refractivity contribution is 5.74. The van der Waals surface area contributed by atoms with Crippen molar-refractivity contribution in [2.75, 3.05) is 11.4 Å². The van der Waals surface area contributed by atoms with Crippen molar-refractivity contribution in [2.24, 2.45) is 0 Å². The van der Waals surface area contributed by atoms with Gasteiger partial charge in [0.2, 0.25) is 5.82 Å². The van der Waals surface area contributed by atoms with Crippen LogP contribution in [-0.4, -0.2) is 32.6 Å². The van der Waals surface area contributed by atoms with Gasteiger partial charge in [-0.1, -0.05) is 0 Å². The molecule has 0 amide bonds. The van der Waals surface area contributed by atoms with Gasteiger partial charge in [0.15, 0.2) is 12.1 Å². The average Bonchev–Trinajstić information content (AvgIpc) is 2.90. The van der Waals surface area contributed by atoms with E-state index in [0.717, 1.165) is 4.57 Å². The number of pyridine rings is 1. The lowest BCUT2D eigenvalue weighted by molar-refractivity contribution is -0.147. The summed E-state index contributed by atoms with van der Waals surface area (Å²) in [6.07, 6.45) is -2.40. The lowest BCUT2D eigenvalue weighted by Crippen LogP contribution is -2.35. The number of anilines is 1. The molecular weight excluding hydrogens is 287 g/mol. The second-order valence-electron chi connectivity index (χ2n) is 4.58. The van der Waals surface area contributed by atoms with Gasteiger partial charge in [0, 0.05) is 24.8 Å². The molecule has 0 spiro atoms. The largest absolute Gasteiger partial charge is 0.451 e. The molecule has 0 saturated heterocycles. The number of nitrogens with zero attached hydrogens (tertiary/aromatic N) is 5. The third-order valence-corrected chi connectivity index (χ3v) is 3.24. The highest BCUT2D eigenvalue weighted by Gasteiger charge is 2.39. The zero-order valence-electron chi connectivity index (χ0n) is 10.7. The summed E-state index contributed by atoms with van der Waals surface area (Å²) in [4.78, 5) is 16.5. The van der Waals surface area contributed by atoms with Crippen LogP contribution in [0.1, 0.15) is 22.0 Å². The van der Waals surface area contributed by atoms with Crippen LogP contribution in [0.15, 0.2) is 18.3 Å². The number of rotatable bonds is 2. The molecular formula is C12H10F3N5O. The van der Waals surface area contributed by atoms with Crippen molar-refractivity contribution < 1.29 is 18.0 Å². The van der Waals surface area contributed by atoms with Gasteiger partial charge in [-0.05, 0) is 12.1 Å². The molecule has 0 saturated carbocycles. The summed E-state index contributed by atoms with van der Waals surface area (Å²) >= 11 is 0. The summed E-state index contributed by atoms with van der Waals surface area (Å²) in [7, 11) is 0. The first-order valence-electron chi connectivity index (χ1n) is 6.14. The Morgan fingerprint density at radius 2 is 2.00 bits per heavy atom. The van der Waals surface area contributed by atoms with Crippen LogP contribution >= 0.6 is 0 Å². The van der Waals surface area contributed by atoms with Gasteiger partial charge in [0.05, 0.1) is 6.54 Å². The van der Waals surface area contributed by atoms with Gasteiger partial charge in [0.25, 0.3) is 0 Å². The maximum atomic E-state index is 12.7. The van der Waals surface area contributed by atoms with Crippen LogP contribution in [0.5, 0.6) is 0 Å². The molecule has 0 unspecified atom stereocenters. The third kappa shape index (κ3) is 2.46. The van der Waals surface area contributed by atoms with Crippen molar-refractivity contribution in [3.05, 3.63) is 35.5 Å². The molecule has 1 aliphatic heterocycles. The molecule has 1 aliphatic rings.